The van der Waals surface area contributed by atoms with Crippen LogP contribution in [0, 0.1) is 6.92 Å². The van der Waals surface area contributed by atoms with E-state index in [0.717, 1.165) is 17.5 Å². The van der Waals surface area contributed by atoms with Crippen LogP contribution in [0.15, 0.2) is 58.6 Å². The van der Waals surface area contributed by atoms with Gasteiger partial charge in [0.05, 0.1) is 5.71 Å². The van der Waals surface area contributed by atoms with E-state index in [0.29, 0.717) is 12.1 Å². The molecule has 0 fully saturated rings. The van der Waals surface area contributed by atoms with Crippen LogP contribution in [0.5, 0.6) is 0 Å². The SMILES string of the molecule is Cc1ccc(S(=O)(=O)O/N=C2\CCc3ccccc32)cc1. The molecule has 21 heavy (non-hydrogen) atoms. The summed E-state index contributed by atoms with van der Waals surface area (Å²) < 4.78 is 29.0. The van der Waals surface area contributed by atoms with E-state index in [9.17, 15) is 8.42 Å². The molecule has 3 rings (SSSR count). The summed E-state index contributed by atoms with van der Waals surface area (Å²) in [6.07, 6.45) is 1.56. The van der Waals surface area contributed by atoms with Crippen LogP contribution in [0.4, 0.5) is 0 Å². The van der Waals surface area contributed by atoms with Crippen molar-refractivity contribution < 1.29 is 12.7 Å². The molecular formula is C16H15NO3S. The van der Waals surface area contributed by atoms with Gasteiger partial charge >= 0.3 is 10.1 Å². The fourth-order valence-corrected chi connectivity index (χ4v) is 3.09. The normalized spacial score (nSPS) is 16.0. The van der Waals surface area contributed by atoms with Crippen LogP contribution >= 0.6 is 0 Å². The largest absolute Gasteiger partial charge is 0.358 e. The highest BCUT2D eigenvalue weighted by Gasteiger charge is 2.20. The molecule has 1 aliphatic carbocycles. The smallest absolute Gasteiger partial charge is 0.264 e. The lowest BCUT2D eigenvalue weighted by Crippen LogP contribution is -2.05. The van der Waals surface area contributed by atoms with E-state index in [2.05, 4.69) is 5.16 Å². The van der Waals surface area contributed by atoms with Crippen LogP contribution in [-0.2, 0) is 20.8 Å². The van der Waals surface area contributed by atoms with E-state index >= 15 is 0 Å². The Bertz CT molecular complexity index is 793. The van der Waals surface area contributed by atoms with Gasteiger partial charge in [-0.1, -0.05) is 47.1 Å². The zero-order valence-corrected chi connectivity index (χ0v) is 12.4. The van der Waals surface area contributed by atoms with Crippen LogP contribution in [0.1, 0.15) is 23.1 Å². The Morgan fingerprint density at radius 3 is 2.48 bits per heavy atom. The maximum atomic E-state index is 12.1. The number of hydrogen-bond donors (Lipinski definition) is 0. The standard InChI is InChI=1S/C16H15NO3S/c1-12-6-9-14(10-7-12)21(18,19)20-17-16-11-8-13-4-2-3-5-15(13)16/h2-7,9-10H,8,11H2,1H3/b17-16+. The van der Waals surface area contributed by atoms with E-state index < -0.39 is 10.1 Å². The summed E-state index contributed by atoms with van der Waals surface area (Å²) in [5, 5.41) is 3.86. The van der Waals surface area contributed by atoms with Gasteiger partial charge in [-0.05, 0) is 37.5 Å². The fraction of sp³-hybridized carbons (Fsp3) is 0.188. The highest BCUT2D eigenvalue weighted by molar-refractivity contribution is 7.86. The number of rotatable bonds is 3. The van der Waals surface area contributed by atoms with Crippen molar-refractivity contribution in [2.24, 2.45) is 5.16 Å². The minimum atomic E-state index is -3.85. The lowest BCUT2D eigenvalue weighted by atomic mass is 10.1. The van der Waals surface area contributed by atoms with Gasteiger partial charge in [-0.2, -0.15) is 8.42 Å². The zero-order valence-electron chi connectivity index (χ0n) is 11.6. The Labute approximate surface area is 124 Å². The zero-order chi connectivity index (χ0) is 14.9. The molecule has 4 nitrogen and oxygen atoms in total. The van der Waals surface area contributed by atoms with Crippen LogP contribution < -0.4 is 0 Å². The maximum Gasteiger partial charge on any atom is 0.358 e. The molecule has 0 saturated carbocycles. The molecule has 0 bridgehead atoms. The highest BCUT2D eigenvalue weighted by Crippen LogP contribution is 2.23. The monoisotopic (exact) mass is 301 g/mol. The highest BCUT2D eigenvalue weighted by atomic mass is 32.2. The molecule has 2 aromatic rings. The summed E-state index contributed by atoms with van der Waals surface area (Å²) in [7, 11) is -3.85. The van der Waals surface area contributed by atoms with E-state index in [-0.39, 0.29) is 4.90 Å². The lowest BCUT2D eigenvalue weighted by Gasteiger charge is -2.03. The third-order valence-corrected chi connectivity index (χ3v) is 4.63. The molecule has 0 aromatic heterocycles. The van der Waals surface area contributed by atoms with Gasteiger partial charge in [-0.3, -0.25) is 4.28 Å². The minimum Gasteiger partial charge on any atom is -0.264 e. The molecule has 1 aliphatic rings. The van der Waals surface area contributed by atoms with Crippen LogP contribution in [0.3, 0.4) is 0 Å². The minimum absolute atomic E-state index is 0.115. The number of benzene rings is 2. The first kappa shape index (κ1) is 13.8. The Balaban J connectivity index is 1.85. The second kappa shape index (κ2) is 5.33. The molecular weight excluding hydrogens is 286 g/mol. The van der Waals surface area contributed by atoms with E-state index in [1.807, 2.05) is 31.2 Å². The van der Waals surface area contributed by atoms with E-state index in [4.69, 9.17) is 4.28 Å². The Hall–Kier alpha value is -2.14. The molecule has 5 heteroatoms. The maximum absolute atomic E-state index is 12.1. The van der Waals surface area contributed by atoms with Gasteiger partial charge in [0.15, 0.2) is 0 Å². The first-order valence-electron chi connectivity index (χ1n) is 6.72. The van der Waals surface area contributed by atoms with Crippen molar-refractivity contribution in [1.82, 2.24) is 0 Å². The lowest BCUT2D eigenvalue weighted by molar-refractivity contribution is 0.338. The molecule has 0 spiro atoms. The molecule has 2 aromatic carbocycles. The van der Waals surface area contributed by atoms with Crippen LogP contribution in [-0.4, -0.2) is 14.1 Å². The van der Waals surface area contributed by atoms with Gasteiger partial charge in [-0.15, -0.1) is 0 Å². The van der Waals surface area contributed by atoms with Crippen molar-refractivity contribution >= 4 is 15.8 Å². The average Bonchev–Trinajstić information content (AvgIpc) is 2.89. The second-order valence-corrected chi connectivity index (χ2v) is 6.57. The topological polar surface area (TPSA) is 55.7 Å². The molecule has 0 aliphatic heterocycles. The Morgan fingerprint density at radius 1 is 1.00 bits per heavy atom. The third kappa shape index (κ3) is 2.83. The van der Waals surface area contributed by atoms with Crippen molar-refractivity contribution in [2.75, 3.05) is 0 Å². The van der Waals surface area contributed by atoms with Gasteiger partial charge < -0.3 is 0 Å². The van der Waals surface area contributed by atoms with Crippen LogP contribution in [0.2, 0.25) is 0 Å². The number of nitrogens with zero attached hydrogens (tertiary/aromatic N) is 1. The Kier molecular flexibility index (Phi) is 3.51. The summed E-state index contributed by atoms with van der Waals surface area (Å²) in [5.74, 6) is 0. The van der Waals surface area contributed by atoms with Crippen molar-refractivity contribution in [1.29, 1.82) is 0 Å². The van der Waals surface area contributed by atoms with Gasteiger partial charge in [-0.25, -0.2) is 0 Å². The molecule has 0 saturated heterocycles. The third-order valence-electron chi connectivity index (χ3n) is 3.51. The summed E-state index contributed by atoms with van der Waals surface area (Å²) >= 11 is 0. The average molecular weight is 301 g/mol. The number of fused-ring (bicyclic) bond motifs is 1. The predicted octanol–water partition coefficient (Wildman–Crippen LogP) is 3.05. The first-order valence-corrected chi connectivity index (χ1v) is 8.12. The van der Waals surface area contributed by atoms with Gasteiger partial charge in [0.25, 0.3) is 0 Å². The van der Waals surface area contributed by atoms with Crippen LogP contribution in [0.25, 0.3) is 0 Å². The molecule has 108 valence electrons. The number of aryl methyl sites for hydroxylation is 2. The number of oxime groups is 1. The fourth-order valence-electron chi connectivity index (χ4n) is 2.34. The molecule has 0 radical (unpaired) electrons. The predicted molar refractivity (Wildman–Crippen MR) is 80.7 cm³/mol. The Morgan fingerprint density at radius 2 is 1.71 bits per heavy atom. The van der Waals surface area contributed by atoms with E-state index in [1.54, 1.807) is 12.1 Å². The summed E-state index contributed by atoms with van der Waals surface area (Å²) in [6, 6.07) is 14.3. The summed E-state index contributed by atoms with van der Waals surface area (Å²) in [4.78, 5) is 0.115. The molecule has 0 atom stereocenters. The van der Waals surface area contributed by atoms with Crippen molar-refractivity contribution in [3.63, 3.8) is 0 Å². The van der Waals surface area contributed by atoms with Gasteiger partial charge in [0.2, 0.25) is 0 Å². The van der Waals surface area contributed by atoms with Crippen molar-refractivity contribution in [3.8, 4) is 0 Å². The van der Waals surface area contributed by atoms with E-state index in [1.165, 1.54) is 17.7 Å². The second-order valence-electron chi connectivity index (χ2n) is 5.04. The van der Waals surface area contributed by atoms with Crippen molar-refractivity contribution in [3.05, 3.63) is 65.2 Å². The van der Waals surface area contributed by atoms with Gasteiger partial charge in [0.1, 0.15) is 4.90 Å². The molecule has 0 unspecified atom stereocenters. The first-order chi connectivity index (χ1) is 10.1. The number of hydrogen-bond acceptors (Lipinski definition) is 4. The quantitative estimate of drug-likeness (QED) is 0.819. The van der Waals surface area contributed by atoms with Crippen molar-refractivity contribution in [2.45, 2.75) is 24.7 Å². The molecule has 0 N–H and O–H groups in total. The molecule has 0 heterocycles. The summed E-state index contributed by atoms with van der Waals surface area (Å²) in [6.45, 7) is 1.90. The summed E-state index contributed by atoms with van der Waals surface area (Å²) in [5.41, 5.74) is 3.82. The van der Waals surface area contributed by atoms with Gasteiger partial charge in [0, 0.05) is 5.56 Å². The molecule has 0 amide bonds.